The summed E-state index contributed by atoms with van der Waals surface area (Å²) in [6, 6.07) is 3.90. The Morgan fingerprint density at radius 1 is 1.13 bits per heavy atom. The number of aromatic nitrogens is 4. The average Bonchev–Trinajstić information content (AvgIpc) is 3.20. The SMILES string of the molecule is N#CC(=CNc1c(F)cc(Br)cc1Oc1c(F)cc(C(F)(F)F)cc1F)c1nn[nH]n1. The summed E-state index contributed by atoms with van der Waals surface area (Å²) in [5, 5.41) is 24.1. The van der Waals surface area contributed by atoms with E-state index >= 15 is 0 Å². The van der Waals surface area contributed by atoms with Gasteiger partial charge in [-0.2, -0.15) is 23.6 Å². The van der Waals surface area contributed by atoms with Crippen LogP contribution in [0.4, 0.5) is 32.0 Å². The molecule has 0 bridgehead atoms. The molecule has 0 spiro atoms. The maximum absolute atomic E-state index is 14.5. The molecule has 0 aliphatic heterocycles. The van der Waals surface area contributed by atoms with Crippen molar-refractivity contribution in [3.05, 3.63) is 63.8 Å². The van der Waals surface area contributed by atoms with E-state index in [2.05, 4.69) is 41.9 Å². The fraction of sp³-hybridized carbons (Fsp3) is 0.0588. The molecule has 0 aliphatic carbocycles. The van der Waals surface area contributed by atoms with Gasteiger partial charge in [-0.05, 0) is 29.5 Å². The highest BCUT2D eigenvalue weighted by Gasteiger charge is 2.33. The minimum Gasteiger partial charge on any atom is -0.449 e. The van der Waals surface area contributed by atoms with Crippen molar-refractivity contribution in [3.8, 4) is 17.6 Å². The number of hydrogen-bond acceptors (Lipinski definition) is 6. The van der Waals surface area contributed by atoms with E-state index in [-0.39, 0.29) is 28.0 Å². The van der Waals surface area contributed by atoms with E-state index in [1.165, 1.54) is 0 Å². The number of ether oxygens (including phenoxy) is 1. The zero-order valence-electron chi connectivity index (χ0n) is 14.7. The Morgan fingerprint density at radius 3 is 2.35 bits per heavy atom. The van der Waals surface area contributed by atoms with E-state index in [1.807, 2.05) is 0 Å². The van der Waals surface area contributed by atoms with Crippen molar-refractivity contribution in [2.24, 2.45) is 0 Å². The maximum atomic E-state index is 14.5. The molecule has 0 unspecified atom stereocenters. The lowest BCUT2D eigenvalue weighted by Gasteiger charge is -2.15. The molecule has 0 amide bonds. The van der Waals surface area contributed by atoms with Gasteiger partial charge < -0.3 is 10.1 Å². The molecule has 1 aromatic heterocycles. The van der Waals surface area contributed by atoms with Crippen LogP contribution in [0.3, 0.4) is 0 Å². The Morgan fingerprint density at radius 2 is 1.81 bits per heavy atom. The molecule has 0 saturated carbocycles. The van der Waals surface area contributed by atoms with Gasteiger partial charge in [0.15, 0.2) is 29.0 Å². The third-order valence-corrected chi connectivity index (χ3v) is 4.08. The highest BCUT2D eigenvalue weighted by atomic mass is 79.9. The fourth-order valence-corrected chi connectivity index (χ4v) is 2.68. The molecule has 31 heavy (non-hydrogen) atoms. The molecule has 3 aromatic rings. The largest absolute Gasteiger partial charge is 0.449 e. The molecule has 14 heteroatoms. The van der Waals surface area contributed by atoms with Crippen molar-refractivity contribution in [1.29, 1.82) is 5.26 Å². The molecule has 0 fully saturated rings. The van der Waals surface area contributed by atoms with E-state index in [1.54, 1.807) is 6.07 Å². The highest BCUT2D eigenvalue weighted by Crippen LogP contribution is 2.39. The van der Waals surface area contributed by atoms with Crippen LogP contribution in [0.1, 0.15) is 11.4 Å². The average molecular weight is 505 g/mol. The molecule has 0 aliphatic rings. The smallest absolute Gasteiger partial charge is 0.416 e. The Hall–Kier alpha value is -3.60. The number of rotatable bonds is 5. The van der Waals surface area contributed by atoms with Gasteiger partial charge in [-0.3, -0.25) is 0 Å². The first-order valence-corrected chi connectivity index (χ1v) is 8.73. The normalized spacial score (nSPS) is 11.9. The molecule has 3 rings (SSSR count). The molecule has 0 saturated heterocycles. The molecule has 2 aromatic carbocycles. The van der Waals surface area contributed by atoms with Crippen LogP contribution in [0.25, 0.3) is 5.57 Å². The fourth-order valence-electron chi connectivity index (χ4n) is 2.27. The predicted molar refractivity (Wildman–Crippen MR) is 96.9 cm³/mol. The van der Waals surface area contributed by atoms with E-state index in [9.17, 15) is 26.3 Å². The number of benzene rings is 2. The number of halogens is 7. The number of tetrazole rings is 1. The van der Waals surface area contributed by atoms with Crippen molar-refractivity contribution in [1.82, 2.24) is 20.6 Å². The summed E-state index contributed by atoms with van der Waals surface area (Å²) in [5.74, 6) is -6.09. The van der Waals surface area contributed by atoms with Crippen molar-refractivity contribution in [3.63, 3.8) is 0 Å². The Kier molecular flexibility index (Phi) is 6.16. The Balaban J connectivity index is 2.01. The van der Waals surface area contributed by atoms with Crippen LogP contribution in [0, 0.1) is 28.8 Å². The van der Waals surface area contributed by atoms with Crippen LogP contribution in [-0.4, -0.2) is 20.6 Å². The first-order chi connectivity index (χ1) is 14.6. The molecule has 0 atom stereocenters. The van der Waals surface area contributed by atoms with Gasteiger partial charge in [0.25, 0.3) is 0 Å². The summed E-state index contributed by atoms with van der Waals surface area (Å²) in [6.07, 6.45) is -4.01. The lowest BCUT2D eigenvalue weighted by Crippen LogP contribution is -2.07. The number of aromatic amines is 1. The van der Waals surface area contributed by atoms with E-state index in [0.717, 1.165) is 18.3 Å². The zero-order valence-corrected chi connectivity index (χ0v) is 16.3. The van der Waals surface area contributed by atoms with Crippen LogP contribution in [0.5, 0.6) is 11.5 Å². The molecule has 2 N–H and O–H groups in total. The minimum absolute atomic E-state index is 0.0454. The summed E-state index contributed by atoms with van der Waals surface area (Å²) in [4.78, 5) is 0. The third-order valence-electron chi connectivity index (χ3n) is 3.62. The number of anilines is 1. The quantitative estimate of drug-likeness (QED) is 0.367. The van der Waals surface area contributed by atoms with Crippen LogP contribution >= 0.6 is 15.9 Å². The van der Waals surface area contributed by atoms with Gasteiger partial charge in [0.1, 0.15) is 17.3 Å². The number of allylic oxidation sites excluding steroid dienone is 1. The van der Waals surface area contributed by atoms with Crippen molar-refractivity contribution >= 4 is 27.2 Å². The Labute approximate surface area is 177 Å². The second-order valence-electron chi connectivity index (χ2n) is 5.68. The van der Waals surface area contributed by atoms with Gasteiger partial charge in [-0.15, -0.1) is 10.2 Å². The molecule has 0 radical (unpaired) electrons. The number of nitrogens with one attached hydrogen (secondary N) is 2. The molecule has 1 heterocycles. The van der Waals surface area contributed by atoms with Crippen molar-refractivity contribution < 1.29 is 31.1 Å². The first-order valence-electron chi connectivity index (χ1n) is 7.94. The number of hydrogen-bond donors (Lipinski definition) is 2. The molecular weight excluding hydrogens is 498 g/mol. The Bertz CT molecular complexity index is 1170. The van der Waals surface area contributed by atoms with Gasteiger partial charge in [-0.1, -0.05) is 15.9 Å². The number of nitrogens with zero attached hydrogens (tertiary/aromatic N) is 4. The van der Waals surface area contributed by atoms with Gasteiger partial charge in [0.05, 0.1) is 5.56 Å². The summed E-state index contributed by atoms with van der Waals surface area (Å²) >= 11 is 2.98. The molecule has 160 valence electrons. The predicted octanol–water partition coefficient (Wildman–Crippen LogP) is 5.17. The topological polar surface area (TPSA) is 99.5 Å². The van der Waals surface area contributed by atoms with Gasteiger partial charge in [0.2, 0.25) is 5.82 Å². The number of H-pyrrole nitrogens is 1. The lowest BCUT2D eigenvalue weighted by molar-refractivity contribution is -0.138. The van der Waals surface area contributed by atoms with Gasteiger partial charge >= 0.3 is 6.18 Å². The minimum atomic E-state index is -4.98. The van der Waals surface area contributed by atoms with Crippen molar-refractivity contribution in [2.45, 2.75) is 6.18 Å². The summed E-state index contributed by atoms with van der Waals surface area (Å²) in [7, 11) is 0. The zero-order chi connectivity index (χ0) is 22.8. The van der Waals surface area contributed by atoms with Gasteiger partial charge in [0, 0.05) is 10.7 Å². The van der Waals surface area contributed by atoms with Crippen LogP contribution < -0.4 is 10.1 Å². The second-order valence-corrected chi connectivity index (χ2v) is 6.59. The van der Waals surface area contributed by atoms with Gasteiger partial charge in [-0.25, -0.2) is 13.2 Å². The molecule has 7 nitrogen and oxygen atoms in total. The first kappa shape index (κ1) is 22.1. The number of alkyl halides is 3. The summed E-state index contributed by atoms with van der Waals surface area (Å²) < 4.78 is 86.0. The van der Waals surface area contributed by atoms with Crippen LogP contribution in [0.15, 0.2) is 34.9 Å². The summed E-state index contributed by atoms with van der Waals surface area (Å²) in [5.41, 5.74) is -2.22. The third kappa shape index (κ3) is 4.94. The lowest BCUT2D eigenvalue weighted by atomic mass is 10.2. The van der Waals surface area contributed by atoms with Crippen LogP contribution in [-0.2, 0) is 6.18 Å². The van der Waals surface area contributed by atoms with E-state index in [0.29, 0.717) is 0 Å². The summed E-state index contributed by atoms with van der Waals surface area (Å²) in [6.45, 7) is 0. The second kappa shape index (κ2) is 8.64. The highest BCUT2D eigenvalue weighted by molar-refractivity contribution is 9.10. The number of nitriles is 1. The van der Waals surface area contributed by atoms with Crippen LogP contribution in [0.2, 0.25) is 0 Å². The van der Waals surface area contributed by atoms with E-state index < -0.39 is 46.4 Å². The molecular formula is C17H7BrF6N6O. The monoisotopic (exact) mass is 504 g/mol. The van der Waals surface area contributed by atoms with Crippen molar-refractivity contribution in [2.75, 3.05) is 5.32 Å². The maximum Gasteiger partial charge on any atom is 0.416 e. The standard InChI is InChI=1S/C17H7BrF6N6O/c18-9-3-10(19)14(26-6-7(5-25)16-27-29-30-28-16)13(4-9)31-15-11(20)1-8(2-12(15)21)17(22,23)24/h1-4,6,26H,(H,27,28,29,30). The van der Waals surface area contributed by atoms with E-state index in [4.69, 9.17) is 10.00 Å².